The van der Waals surface area contributed by atoms with Crippen molar-refractivity contribution >= 4 is 17.4 Å². The van der Waals surface area contributed by atoms with E-state index in [-0.39, 0.29) is 17.6 Å². The molecule has 2 aliphatic rings. The van der Waals surface area contributed by atoms with E-state index in [1.54, 1.807) is 12.1 Å². The average Bonchev–Trinajstić information content (AvgIpc) is 3.10. The zero-order valence-electron chi connectivity index (χ0n) is 12.3. The van der Waals surface area contributed by atoms with Crippen LogP contribution in [0.2, 0.25) is 0 Å². The van der Waals surface area contributed by atoms with E-state index in [0.29, 0.717) is 17.4 Å². The summed E-state index contributed by atoms with van der Waals surface area (Å²) in [4.78, 5) is 23.8. The van der Waals surface area contributed by atoms with Crippen LogP contribution in [0.15, 0.2) is 36.4 Å². The average molecular weight is 283 g/mol. The van der Waals surface area contributed by atoms with E-state index in [1.807, 2.05) is 12.1 Å². The van der Waals surface area contributed by atoms with Gasteiger partial charge in [-0.15, -0.1) is 0 Å². The number of nitrogens with one attached hydrogen (secondary N) is 1. The van der Waals surface area contributed by atoms with Gasteiger partial charge in [0.25, 0.3) is 0 Å². The van der Waals surface area contributed by atoms with Gasteiger partial charge in [0, 0.05) is 17.2 Å². The van der Waals surface area contributed by atoms with E-state index in [0.717, 1.165) is 18.5 Å². The lowest BCUT2D eigenvalue weighted by Gasteiger charge is -2.06. The standard InChI is InChI=1S/C18H21NO2/c1-12(20)13-7-6-8-14(11-13)19-18(21)17-15-9-4-2-3-5-10-16(15)17/h4,6-9,11,15-17H,2-3,5,10H2,1H3,(H,19,21)/b9-4-/t15-,16+,17+/m0/s1. The van der Waals surface area contributed by atoms with Crippen molar-refractivity contribution in [1.29, 1.82) is 0 Å². The third-order valence-electron chi connectivity index (χ3n) is 4.59. The Morgan fingerprint density at radius 2 is 2.10 bits per heavy atom. The summed E-state index contributed by atoms with van der Waals surface area (Å²) in [5.41, 5.74) is 1.35. The van der Waals surface area contributed by atoms with Crippen molar-refractivity contribution in [2.45, 2.75) is 32.6 Å². The molecule has 110 valence electrons. The Hall–Kier alpha value is -1.90. The molecule has 0 heterocycles. The SMILES string of the molecule is CC(=O)c1cccc(NC(=O)[C@@H]2[C@H]3/C=C\CCCC[C@H]32)c1. The number of anilines is 1. The monoisotopic (exact) mass is 283 g/mol. The van der Waals surface area contributed by atoms with E-state index >= 15 is 0 Å². The van der Waals surface area contributed by atoms with Gasteiger partial charge >= 0.3 is 0 Å². The number of allylic oxidation sites excluding steroid dienone is 2. The van der Waals surface area contributed by atoms with Crippen molar-refractivity contribution < 1.29 is 9.59 Å². The Morgan fingerprint density at radius 3 is 2.90 bits per heavy atom. The summed E-state index contributed by atoms with van der Waals surface area (Å²) in [6.07, 6.45) is 9.18. The molecule has 0 aliphatic heterocycles. The Labute approximate surface area is 125 Å². The molecule has 0 saturated heterocycles. The largest absolute Gasteiger partial charge is 0.326 e. The van der Waals surface area contributed by atoms with Crippen molar-refractivity contribution in [2.24, 2.45) is 17.8 Å². The second-order valence-electron chi connectivity index (χ2n) is 6.11. The van der Waals surface area contributed by atoms with Crippen molar-refractivity contribution in [3.05, 3.63) is 42.0 Å². The van der Waals surface area contributed by atoms with Crippen molar-refractivity contribution in [1.82, 2.24) is 0 Å². The molecule has 3 atom stereocenters. The Kier molecular flexibility index (Phi) is 3.91. The van der Waals surface area contributed by atoms with Crippen LogP contribution in [-0.4, -0.2) is 11.7 Å². The summed E-state index contributed by atoms with van der Waals surface area (Å²) in [7, 11) is 0. The van der Waals surface area contributed by atoms with Gasteiger partial charge in [-0.3, -0.25) is 9.59 Å². The highest BCUT2D eigenvalue weighted by molar-refractivity contribution is 5.98. The van der Waals surface area contributed by atoms with Gasteiger partial charge in [0.05, 0.1) is 0 Å². The minimum absolute atomic E-state index is 0.0158. The summed E-state index contributed by atoms with van der Waals surface area (Å²) in [5.74, 6) is 1.15. The molecule has 3 nitrogen and oxygen atoms in total. The van der Waals surface area contributed by atoms with Crippen LogP contribution in [0.25, 0.3) is 0 Å². The van der Waals surface area contributed by atoms with Crippen LogP contribution in [0.5, 0.6) is 0 Å². The molecule has 21 heavy (non-hydrogen) atoms. The van der Waals surface area contributed by atoms with Gasteiger partial charge in [0.2, 0.25) is 5.91 Å². The van der Waals surface area contributed by atoms with Crippen LogP contribution >= 0.6 is 0 Å². The van der Waals surface area contributed by atoms with Crippen LogP contribution in [0, 0.1) is 17.8 Å². The molecule has 1 aromatic carbocycles. The molecule has 3 rings (SSSR count). The first kappa shape index (κ1) is 14.1. The molecule has 3 heteroatoms. The van der Waals surface area contributed by atoms with E-state index in [1.165, 1.54) is 19.8 Å². The summed E-state index contributed by atoms with van der Waals surface area (Å²) >= 11 is 0. The number of fused-ring (bicyclic) bond motifs is 1. The predicted octanol–water partition coefficient (Wildman–Crippen LogP) is 3.82. The molecule has 1 fully saturated rings. The topological polar surface area (TPSA) is 46.2 Å². The summed E-state index contributed by atoms with van der Waals surface area (Å²) in [5, 5.41) is 2.97. The third-order valence-corrected chi connectivity index (χ3v) is 4.59. The van der Waals surface area contributed by atoms with E-state index in [4.69, 9.17) is 0 Å². The first-order valence-corrected chi connectivity index (χ1v) is 7.75. The molecule has 0 radical (unpaired) electrons. The lowest BCUT2D eigenvalue weighted by Crippen LogP contribution is -2.15. The van der Waals surface area contributed by atoms with Gasteiger partial charge in [-0.05, 0) is 50.2 Å². The van der Waals surface area contributed by atoms with Gasteiger partial charge in [-0.1, -0.05) is 30.7 Å². The molecule has 0 bridgehead atoms. The molecular formula is C18H21NO2. The number of carbonyl (C=O) groups is 2. The number of Topliss-reactive ketones (excluding diaryl/α,β-unsaturated/α-hetero) is 1. The molecule has 0 unspecified atom stereocenters. The number of carbonyl (C=O) groups excluding carboxylic acids is 2. The Bertz CT molecular complexity index is 591. The maximum Gasteiger partial charge on any atom is 0.228 e. The lowest BCUT2D eigenvalue weighted by molar-refractivity contribution is -0.117. The summed E-state index contributed by atoms with van der Waals surface area (Å²) in [6.45, 7) is 1.54. The summed E-state index contributed by atoms with van der Waals surface area (Å²) < 4.78 is 0. The van der Waals surface area contributed by atoms with Crippen LogP contribution in [0.1, 0.15) is 43.0 Å². The zero-order chi connectivity index (χ0) is 14.8. The van der Waals surface area contributed by atoms with Crippen LogP contribution in [-0.2, 0) is 4.79 Å². The van der Waals surface area contributed by atoms with Gasteiger partial charge < -0.3 is 5.32 Å². The number of amides is 1. The first-order valence-electron chi connectivity index (χ1n) is 7.75. The lowest BCUT2D eigenvalue weighted by atomic mass is 10.1. The summed E-state index contributed by atoms with van der Waals surface area (Å²) in [6, 6.07) is 7.17. The normalized spacial score (nSPS) is 28.7. The van der Waals surface area contributed by atoms with Crippen LogP contribution < -0.4 is 5.32 Å². The number of benzene rings is 1. The maximum atomic E-state index is 12.4. The molecule has 0 aromatic heterocycles. The minimum atomic E-state index is 0.0158. The molecule has 2 aliphatic carbocycles. The predicted molar refractivity (Wildman–Crippen MR) is 83.2 cm³/mol. The van der Waals surface area contributed by atoms with Crippen LogP contribution in [0.3, 0.4) is 0 Å². The Morgan fingerprint density at radius 1 is 1.24 bits per heavy atom. The maximum absolute atomic E-state index is 12.4. The van der Waals surface area contributed by atoms with Crippen LogP contribution in [0.4, 0.5) is 5.69 Å². The quantitative estimate of drug-likeness (QED) is 0.677. The molecule has 1 aromatic rings. The van der Waals surface area contributed by atoms with Gasteiger partial charge in [0.15, 0.2) is 5.78 Å². The number of hydrogen-bond donors (Lipinski definition) is 1. The second kappa shape index (κ2) is 5.84. The molecule has 1 N–H and O–H groups in total. The molecule has 1 saturated carbocycles. The van der Waals surface area contributed by atoms with E-state index in [9.17, 15) is 9.59 Å². The fourth-order valence-electron chi connectivity index (χ4n) is 3.34. The van der Waals surface area contributed by atoms with Gasteiger partial charge in [-0.2, -0.15) is 0 Å². The number of ketones is 1. The Balaban J connectivity index is 1.67. The number of rotatable bonds is 3. The fourth-order valence-corrected chi connectivity index (χ4v) is 3.34. The highest BCUT2D eigenvalue weighted by Crippen LogP contribution is 2.51. The highest BCUT2D eigenvalue weighted by Gasteiger charge is 2.52. The fraction of sp³-hybridized carbons (Fsp3) is 0.444. The van der Waals surface area contributed by atoms with E-state index in [2.05, 4.69) is 17.5 Å². The molecule has 1 amide bonds. The first-order chi connectivity index (χ1) is 10.2. The van der Waals surface area contributed by atoms with Crippen molar-refractivity contribution in [2.75, 3.05) is 5.32 Å². The molecular weight excluding hydrogens is 262 g/mol. The zero-order valence-corrected chi connectivity index (χ0v) is 12.3. The molecule has 0 spiro atoms. The number of hydrogen-bond acceptors (Lipinski definition) is 2. The highest BCUT2D eigenvalue weighted by atomic mass is 16.2. The van der Waals surface area contributed by atoms with Gasteiger partial charge in [-0.25, -0.2) is 0 Å². The van der Waals surface area contributed by atoms with Gasteiger partial charge in [0.1, 0.15) is 0 Å². The minimum Gasteiger partial charge on any atom is -0.326 e. The van der Waals surface area contributed by atoms with Crippen molar-refractivity contribution in [3.8, 4) is 0 Å². The van der Waals surface area contributed by atoms with Crippen molar-refractivity contribution in [3.63, 3.8) is 0 Å². The smallest absolute Gasteiger partial charge is 0.228 e. The van der Waals surface area contributed by atoms with E-state index < -0.39 is 0 Å². The third kappa shape index (κ3) is 3.07. The second-order valence-corrected chi connectivity index (χ2v) is 6.11.